The van der Waals surface area contributed by atoms with Gasteiger partial charge in [0.1, 0.15) is 0 Å². The Kier molecular flexibility index (Phi) is 4.73. The fraction of sp³-hybridized carbons (Fsp3) is 0.765. The number of fused-ring (bicyclic) bond motifs is 1. The van der Waals surface area contributed by atoms with Crippen molar-refractivity contribution in [1.29, 1.82) is 0 Å². The summed E-state index contributed by atoms with van der Waals surface area (Å²) in [7, 11) is 0. The molecule has 1 fully saturated rings. The van der Waals surface area contributed by atoms with E-state index >= 15 is 0 Å². The summed E-state index contributed by atoms with van der Waals surface area (Å²) in [5.74, 6) is -0.151. The number of carbonyl (C=O) groups excluding carboxylic acids is 1. The van der Waals surface area contributed by atoms with E-state index in [2.05, 4.69) is 15.5 Å². The highest BCUT2D eigenvalue weighted by atomic mass is 16.5. The van der Waals surface area contributed by atoms with Crippen molar-refractivity contribution in [2.75, 3.05) is 13.2 Å². The molecule has 0 saturated heterocycles. The van der Waals surface area contributed by atoms with Gasteiger partial charge in [0.2, 0.25) is 0 Å². The van der Waals surface area contributed by atoms with Crippen molar-refractivity contribution in [3.05, 3.63) is 17.0 Å². The lowest BCUT2D eigenvalue weighted by atomic mass is 9.74. The lowest BCUT2D eigenvalue weighted by Crippen LogP contribution is -2.41. The fourth-order valence-electron chi connectivity index (χ4n) is 3.91. The van der Waals surface area contributed by atoms with Crippen molar-refractivity contribution >= 4 is 5.91 Å². The molecule has 0 bridgehead atoms. The summed E-state index contributed by atoms with van der Waals surface area (Å²) in [4.78, 5) is 12.6. The van der Waals surface area contributed by atoms with E-state index in [1.54, 1.807) is 0 Å². The Morgan fingerprint density at radius 3 is 2.83 bits per heavy atom. The molecule has 0 radical (unpaired) electrons. The molecule has 0 spiro atoms. The Bertz CT molecular complexity index is 563. The van der Waals surface area contributed by atoms with E-state index in [-0.39, 0.29) is 30.1 Å². The highest BCUT2D eigenvalue weighted by Gasteiger charge is 2.33. The number of hydrogen-bond donors (Lipinski definition) is 3. The highest BCUT2D eigenvalue weighted by Crippen LogP contribution is 2.35. The molecule has 0 aromatic carbocycles. The third-order valence-electron chi connectivity index (χ3n) is 5.32. The van der Waals surface area contributed by atoms with Gasteiger partial charge in [-0.2, -0.15) is 5.10 Å². The molecule has 3 rings (SSSR count). The van der Waals surface area contributed by atoms with Gasteiger partial charge in [-0.1, -0.05) is 19.3 Å². The smallest absolute Gasteiger partial charge is 0.272 e. The molecule has 1 amide bonds. The second-order valence-electron chi connectivity index (χ2n) is 7.16. The van der Waals surface area contributed by atoms with Gasteiger partial charge in [-0.05, 0) is 26.7 Å². The van der Waals surface area contributed by atoms with E-state index < -0.39 is 0 Å². The fourth-order valence-corrected chi connectivity index (χ4v) is 3.91. The first-order valence-corrected chi connectivity index (χ1v) is 8.66. The van der Waals surface area contributed by atoms with Gasteiger partial charge in [0.15, 0.2) is 5.69 Å². The largest absolute Gasteiger partial charge is 0.396 e. The summed E-state index contributed by atoms with van der Waals surface area (Å²) in [6, 6.07) is 0. The monoisotopic (exact) mass is 321 g/mol. The topological polar surface area (TPSA) is 87.2 Å². The van der Waals surface area contributed by atoms with Crippen molar-refractivity contribution in [2.45, 2.75) is 64.6 Å². The van der Waals surface area contributed by atoms with Crippen LogP contribution in [0.1, 0.15) is 73.8 Å². The van der Waals surface area contributed by atoms with E-state index in [0.29, 0.717) is 18.7 Å². The van der Waals surface area contributed by atoms with Gasteiger partial charge in [0, 0.05) is 23.9 Å². The van der Waals surface area contributed by atoms with Crippen LogP contribution in [0, 0.1) is 5.41 Å². The summed E-state index contributed by atoms with van der Waals surface area (Å²) >= 11 is 0. The van der Waals surface area contributed by atoms with E-state index in [1.165, 1.54) is 6.42 Å². The lowest BCUT2D eigenvalue weighted by molar-refractivity contribution is -0.00698. The maximum absolute atomic E-state index is 12.6. The minimum atomic E-state index is -0.159. The van der Waals surface area contributed by atoms with Crippen molar-refractivity contribution < 1.29 is 14.6 Å². The minimum absolute atomic E-state index is 0.0649. The van der Waals surface area contributed by atoms with E-state index in [1.807, 2.05) is 13.8 Å². The molecule has 23 heavy (non-hydrogen) atoms. The number of carbonyl (C=O) groups is 1. The van der Waals surface area contributed by atoms with Crippen LogP contribution < -0.4 is 5.32 Å². The lowest BCUT2D eigenvalue weighted by Gasteiger charge is -2.35. The number of ether oxygens (including phenoxy) is 1. The van der Waals surface area contributed by atoms with Gasteiger partial charge >= 0.3 is 0 Å². The first-order chi connectivity index (χ1) is 11.0. The third kappa shape index (κ3) is 3.28. The van der Waals surface area contributed by atoms with Gasteiger partial charge in [-0.3, -0.25) is 9.89 Å². The molecule has 6 nitrogen and oxygen atoms in total. The molecule has 3 N–H and O–H groups in total. The standard InChI is InChI=1S/C17H27N3O3/c1-11-8-13-14(12(2)23-11)19-20-15(13)16(22)18-9-17(10-21)6-4-3-5-7-17/h11-12,21H,3-10H2,1-2H3,(H,18,22)(H,19,20)/t11-,12+/m1/s1. The Balaban J connectivity index is 1.69. The number of aliphatic hydroxyl groups is 1. The Morgan fingerprint density at radius 2 is 2.13 bits per heavy atom. The molecule has 0 unspecified atom stereocenters. The molecule has 1 aliphatic carbocycles. The average molecular weight is 321 g/mol. The molecule has 1 aromatic rings. The van der Waals surface area contributed by atoms with Crippen LogP contribution in [0.3, 0.4) is 0 Å². The number of rotatable bonds is 4. The van der Waals surface area contributed by atoms with Crippen LogP contribution in [0.4, 0.5) is 0 Å². The Labute approximate surface area is 137 Å². The van der Waals surface area contributed by atoms with Crippen LogP contribution >= 0.6 is 0 Å². The van der Waals surface area contributed by atoms with Crippen LogP contribution in [0.25, 0.3) is 0 Å². The summed E-state index contributed by atoms with van der Waals surface area (Å²) in [5.41, 5.74) is 2.19. The zero-order valence-electron chi connectivity index (χ0n) is 14.0. The summed E-state index contributed by atoms with van der Waals surface area (Å²) < 4.78 is 5.76. The van der Waals surface area contributed by atoms with Crippen molar-refractivity contribution in [3.63, 3.8) is 0 Å². The molecule has 2 atom stereocenters. The van der Waals surface area contributed by atoms with Gasteiger partial charge in [0.05, 0.1) is 24.5 Å². The summed E-state index contributed by atoms with van der Waals surface area (Å²) in [6.07, 6.45) is 6.15. The Hall–Kier alpha value is -1.40. The first kappa shape index (κ1) is 16.5. The SMILES string of the molecule is C[C@@H]1Cc2c(C(=O)NCC3(CO)CCCCC3)n[nH]c2[C@H](C)O1. The maximum Gasteiger partial charge on any atom is 0.272 e. The molecule has 1 aromatic heterocycles. The number of aromatic amines is 1. The van der Waals surface area contributed by atoms with E-state index in [4.69, 9.17) is 4.74 Å². The normalized spacial score (nSPS) is 26.6. The first-order valence-electron chi connectivity index (χ1n) is 8.66. The Morgan fingerprint density at radius 1 is 1.39 bits per heavy atom. The summed E-state index contributed by atoms with van der Waals surface area (Å²) in [5, 5.41) is 19.9. The number of aliphatic hydroxyl groups excluding tert-OH is 1. The summed E-state index contributed by atoms with van der Waals surface area (Å²) in [6.45, 7) is 4.63. The molecular weight excluding hydrogens is 294 g/mol. The molecular formula is C17H27N3O3. The molecule has 1 aliphatic heterocycles. The van der Waals surface area contributed by atoms with Crippen molar-refractivity contribution in [2.24, 2.45) is 5.41 Å². The van der Waals surface area contributed by atoms with Crippen molar-refractivity contribution in [3.8, 4) is 0 Å². The zero-order valence-corrected chi connectivity index (χ0v) is 14.0. The number of amides is 1. The van der Waals surface area contributed by atoms with Gasteiger partial charge < -0.3 is 15.2 Å². The molecule has 2 aliphatic rings. The molecule has 128 valence electrons. The highest BCUT2D eigenvalue weighted by molar-refractivity contribution is 5.94. The molecule has 1 saturated carbocycles. The van der Waals surface area contributed by atoms with Crippen LogP contribution in [0.5, 0.6) is 0 Å². The average Bonchev–Trinajstić information content (AvgIpc) is 2.97. The number of nitrogens with zero attached hydrogens (tertiary/aromatic N) is 1. The van der Waals surface area contributed by atoms with E-state index in [9.17, 15) is 9.90 Å². The van der Waals surface area contributed by atoms with Gasteiger partial charge in [0.25, 0.3) is 5.91 Å². The van der Waals surface area contributed by atoms with Crippen LogP contribution in [0.2, 0.25) is 0 Å². The van der Waals surface area contributed by atoms with E-state index in [0.717, 1.165) is 36.9 Å². The van der Waals surface area contributed by atoms with Crippen LogP contribution in [-0.4, -0.2) is 40.5 Å². The van der Waals surface area contributed by atoms with Crippen LogP contribution in [0.15, 0.2) is 0 Å². The minimum Gasteiger partial charge on any atom is -0.396 e. The second-order valence-corrected chi connectivity index (χ2v) is 7.16. The number of aromatic nitrogens is 2. The van der Waals surface area contributed by atoms with Crippen LogP contribution in [-0.2, 0) is 11.2 Å². The van der Waals surface area contributed by atoms with Crippen molar-refractivity contribution in [1.82, 2.24) is 15.5 Å². The maximum atomic E-state index is 12.6. The number of nitrogens with one attached hydrogen (secondary N) is 2. The van der Waals surface area contributed by atoms with Gasteiger partial charge in [-0.15, -0.1) is 0 Å². The van der Waals surface area contributed by atoms with Gasteiger partial charge in [-0.25, -0.2) is 0 Å². The molecule has 2 heterocycles. The quantitative estimate of drug-likeness (QED) is 0.792. The predicted molar refractivity (Wildman–Crippen MR) is 86.2 cm³/mol. The predicted octanol–water partition coefficient (Wildman–Crippen LogP) is 2.10. The molecule has 6 heteroatoms. The second kappa shape index (κ2) is 6.61. The number of hydrogen-bond acceptors (Lipinski definition) is 4. The zero-order chi connectivity index (χ0) is 16.4. The third-order valence-corrected chi connectivity index (χ3v) is 5.32. The number of H-pyrrole nitrogens is 1.